The minimum absolute atomic E-state index is 0.161. The summed E-state index contributed by atoms with van der Waals surface area (Å²) in [5.41, 5.74) is 0.406. The van der Waals surface area contributed by atoms with E-state index in [4.69, 9.17) is 9.78 Å². The molecule has 0 radical (unpaired) electrons. The fraction of sp³-hybridized carbons (Fsp3) is 0.750. The van der Waals surface area contributed by atoms with Crippen LogP contribution in [0.3, 0.4) is 0 Å². The summed E-state index contributed by atoms with van der Waals surface area (Å²) in [5, 5.41) is 9.32. The maximum Gasteiger partial charge on any atom is 0.369 e. The summed E-state index contributed by atoms with van der Waals surface area (Å²) in [7, 11) is 0. The lowest BCUT2D eigenvalue weighted by Crippen LogP contribution is -2.15. The van der Waals surface area contributed by atoms with Gasteiger partial charge in [0.05, 0.1) is 12.2 Å². The van der Waals surface area contributed by atoms with Gasteiger partial charge >= 0.3 is 11.9 Å². The van der Waals surface area contributed by atoms with E-state index in [2.05, 4.69) is 0 Å². The van der Waals surface area contributed by atoms with E-state index in [0.717, 1.165) is 38.5 Å². The molecule has 0 spiro atoms. The largest absolute Gasteiger partial charge is 0.478 e. The Kier molecular flexibility index (Phi) is 11.6. The summed E-state index contributed by atoms with van der Waals surface area (Å²) >= 11 is 0. The third kappa shape index (κ3) is 8.50. The van der Waals surface area contributed by atoms with Crippen molar-refractivity contribution in [3.8, 4) is 0 Å². The Balaban J connectivity index is 4.92. The van der Waals surface area contributed by atoms with E-state index >= 15 is 0 Å². The third-order valence-electron chi connectivity index (χ3n) is 3.15. The Morgan fingerprint density at radius 1 is 0.857 bits per heavy atom. The average Bonchev–Trinajstić information content (AvgIpc) is 2.46. The molecule has 0 aromatic carbocycles. The van der Waals surface area contributed by atoms with E-state index in [0.29, 0.717) is 19.4 Å². The Morgan fingerprint density at radius 2 is 1.38 bits per heavy atom. The zero-order chi connectivity index (χ0) is 16.1. The standard InChI is InChI=1S/C16H28O5/c1-4-7-10-13(15(17)18)14(11-8-5-2)16(19)21-20-12-9-6-3/h4-12H2,1-3H3,(H,17,18). The molecule has 0 saturated heterocycles. The Labute approximate surface area is 127 Å². The summed E-state index contributed by atoms with van der Waals surface area (Å²) in [5.74, 6) is -1.70. The molecule has 1 N–H and O–H groups in total. The van der Waals surface area contributed by atoms with Gasteiger partial charge in [-0.25, -0.2) is 9.59 Å². The minimum atomic E-state index is -1.04. The normalized spacial score (nSPS) is 12.0. The Morgan fingerprint density at radius 3 is 1.86 bits per heavy atom. The second-order valence-electron chi connectivity index (χ2n) is 5.02. The van der Waals surface area contributed by atoms with Crippen molar-refractivity contribution in [3.63, 3.8) is 0 Å². The van der Waals surface area contributed by atoms with Gasteiger partial charge in [-0.1, -0.05) is 40.0 Å². The summed E-state index contributed by atoms with van der Waals surface area (Å²) in [4.78, 5) is 33.0. The lowest BCUT2D eigenvalue weighted by molar-refractivity contribution is -0.268. The number of hydrogen-bond acceptors (Lipinski definition) is 4. The van der Waals surface area contributed by atoms with Crippen LogP contribution >= 0.6 is 0 Å². The van der Waals surface area contributed by atoms with E-state index in [9.17, 15) is 14.7 Å². The highest BCUT2D eigenvalue weighted by Gasteiger charge is 2.21. The SMILES string of the molecule is CCCCOOC(=O)C(CCCC)=C(CCCC)C(=O)O. The molecule has 5 heteroatoms. The molecular weight excluding hydrogens is 272 g/mol. The highest BCUT2D eigenvalue weighted by molar-refractivity contribution is 5.99. The van der Waals surface area contributed by atoms with E-state index < -0.39 is 11.9 Å². The number of carboxylic acids is 1. The average molecular weight is 300 g/mol. The molecule has 0 fully saturated rings. The first-order valence-electron chi connectivity index (χ1n) is 7.87. The van der Waals surface area contributed by atoms with Crippen LogP contribution in [-0.4, -0.2) is 23.7 Å². The quantitative estimate of drug-likeness (QED) is 0.255. The summed E-state index contributed by atoms with van der Waals surface area (Å²) < 4.78 is 0. The van der Waals surface area contributed by atoms with Crippen molar-refractivity contribution in [2.24, 2.45) is 0 Å². The van der Waals surface area contributed by atoms with Crippen LogP contribution in [0.5, 0.6) is 0 Å². The molecule has 0 saturated carbocycles. The minimum Gasteiger partial charge on any atom is -0.478 e. The van der Waals surface area contributed by atoms with Gasteiger partial charge in [0.15, 0.2) is 0 Å². The van der Waals surface area contributed by atoms with Gasteiger partial charge in [-0.3, -0.25) is 4.89 Å². The van der Waals surface area contributed by atoms with Crippen molar-refractivity contribution in [3.05, 3.63) is 11.1 Å². The van der Waals surface area contributed by atoms with Crippen LogP contribution in [0.1, 0.15) is 72.1 Å². The summed E-state index contributed by atoms with van der Waals surface area (Å²) in [6, 6.07) is 0. The van der Waals surface area contributed by atoms with Gasteiger partial charge in [0.2, 0.25) is 0 Å². The molecule has 0 bridgehead atoms. The zero-order valence-corrected chi connectivity index (χ0v) is 13.4. The van der Waals surface area contributed by atoms with Crippen molar-refractivity contribution in [2.75, 3.05) is 6.61 Å². The van der Waals surface area contributed by atoms with Crippen LogP contribution in [-0.2, 0) is 19.4 Å². The number of unbranched alkanes of at least 4 members (excludes halogenated alkanes) is 3. The summed E-state index contributed by atoms with van der Waals surface area (Å²) in [6.45, 7) is 6.32. The molecule has 5 nitrogen and oxygen atoms in total. The molecule has 0 aliphatic rings. The van der Waals surface area contributed by atoms with E-state index in [1.807, 2.05) is 20.8 Å². The molecule has 0 heterocycles. The van der Waals surface area contributed by atoms with Crippen LogP contribution < -0.4 is 0 Å². The topological polar surface area (TPSA) is 72.8 Å². The fourth-order valence-electron chi connectivity index (χ4n) is 1.82. The van der Waals surface area contributed by atoms with Crippen LogP contribution in [0.4, 0.5) is 0 Å². The second kappa shape index (κ2) is 12.4. The number of aliphatic carboxylic acids is 1. The number of carboxylic acid groups (broad SMARTS) is 1. The molecule has 0 amide bonds. The molecule has 0 aromatic rings. The van der Waals surface area contributed by atoms with Crippen LogP contribution in [0, 0.1) is 0 Å². The first-order chi connectivity index (χ1) is 10.1. The molecule has 0 atom stereocenters. The van der Waals surface area contributed by atoms with E-state index in [-0.39, 0.29) is 11.1 Å². The Bertz CT molecular complexity index is 347. The van der Waals surface area contributed by atoms with Crippen LogP contribution in [0.25, 0.3) is 0 Å². The third-order valence-corrected chi connectivity index (χ3v) is 3.15. The van der Waals surface area contributed by atoms with Crippen molar-refractivity contribution in [1.82, 2.24) is 0 Å². The first kappa shape index (κ1) is 19.6. The predicted octanol–water partition coefficient (Wildman–Crippen LogP) is 4.02. The summed E-state index contributed by atoms with van der Waals surface area (Å²) in [6.07, 6.45) is 5.78. The smallest absolute Gasteiger partial charge is 0.369 e. The van der Waals surface area contributed by atoms with Gasteiger partial charge in [-0.2, -0.15) is 4.89 Å². The molecule has 122 valence electrons. The van der Waals surface area contributed by atoms with E-state index in [1.54, 1.807) is 0 Å². The van der Waals surface area contributed by atoms with Crippen molar-refractivity contribution >= 4 is 11.9 Å². The molecule has 0 aromatic heterocycles. The van der Waals surface area contributed by atoms with Crippen molar-refractivity contribution < 1.29 is 24.5 Å². The number of carbonyl (C=O) groups is 2. The van der Waals surface area contributed by atoms with Gasteiger partial charge in [0, 0.05) is 5.57 Å². The molecule has 0 aliphatic carbocycles. The number of hydrogen-bond donors (Lipinski definition) is 1. The number of rotatable bonds is 12. The van der Waals surface area contributed by atoms with Gasteiger partial charge < -0.3 is 5.11 Å². The highest BCUT2D eigenvalue weighted by Crippen LogP contribution is 2.20. The van der Waals surface area contributed by atoms with Crippen molar-refractivity contribution in [1.29, 1.82) is 0 Å². The molecule has 0 unspecified atom stereocenters. The lowest BCUT2D eigenvalue weighted by Gasteiger charge is -2.11. The molecular formula is C16H28O5. The molecule has 0 aliphatic heterocycles. The van der Waals surface area contributed by atoms with Crippen molar-refractivity contribution in [2.45, 2.75) is 72.1 Å². The van der Waals surface area contributed by atoms with Gasteiger partial charge in [0.25, 0.3) is 0 Å². The van der Waals surface area contributed by atoms with Gasteiger partial charge in [-0.15, -0.1) is 0 Å². The van der Waals surface area contributed by atoms with Gasteiger partial charge in [0.1, 0.15) is 0 Å². The van der Waals surface area contributed by atoms with E-state index in [1.165, 1.54) is 0 Å². The van der Waals surface area contributed by atoms with Gasteiger partial charge in [-0.05, 0) is 32.1 Å². The number of carbonyl (C=O) groups excluding carboxylic acids is 1. The van der Waals surface area contributed by atoms with Crippen LogP contribution in [0.15, 0.2) is 11.1 Å². The van der Waals surface area contributed by atoms with Crippen LogP contribution in [0.2, 0.25) is 0 Å². The molecule has 21 heavy (non-hydrogen) atoms. The molecule has 0 rings (SSSR count). The fourth-order valence-corrected chi connectivity index (χ4v) is 1.82. The second-order valence-corrected chi connectivity index (χ2v) is 5.02. The monoisotopic (exact) mass is 300 g/mol. The predicted molar refractivity (Wildman–Crippen MR) is 80.7 cm³/mol. The Hall–Kier alpha value is -1.36. The zero-order valence-electron chi connectivity index (χ0n) is 13.4. The highest BCUT2D eigenvalue weighted by atomic mass is 17.2. The first-order valence-corrected chi connectivity index (χ1v) is 7.87. The maximum atomic E-state index is 12.1. The lowest BCUT2D eigenvalue weighted by atomic mass is 9.98. The maximum absolute atomic E-state index is 12.1.